The van der Waals surface area contributed by atoms with Gasteiger partial charge in [-0.05, 0) is 0 Å². The Bertz CT molecular complexity index is 401. The summed E-state index contributed by atoms with van der Waals surface area (Å²) in [5, 5.41) is 10.5. The van der Waals surface area contributed by atoms with Gasteiger partial charge in [-0.25, -0.2) is 9.59 Å². The molecule has 13 heavy (non-hydrogen) atoms. The molecule has 1 heterocycles. The molecule has 0 aliphatic rings. The van der Waals surface area contributed by atoms with E-state index in [4.69, 9.17) is 23.6 Å². The quantitative estimate of drug-likeness (QED) is 0.420. The van der Waals surface area contributed by atoms with Crippen LogP contribution in [0.15, 0.2) is 9.59 Å². The van der Waals surface area contributed by atoms with Crippen LogP contribution in [-0.4, -0.2) is 18.6 Å². The van der Waals surface area contributed by atoms with Gasteiger partial charge < -0.3 is 10.6 Å². The normalized spacial score (nSPS) is 8.46. The summed E-state index contributed by atoms with van der Waals surface area (Å²) in [4.78, 5) is 23.9. The van der Waals surface area contributed by atoms with E-state index in [0.717, 1.165) is 0 Å². The maximum absolute atomic E-state index is 10.6. The molecule has 0 amide bonds. The van der Waals surface area contributed by atoms with Crippen LogP contribution in [0.5, 0.6) is 6.01 Å². The molecule has 0 saturated heterocycles. The van der Waals surface area contributed by atoms with Crippen molar-refractivity contribution in [3.63, 3.8) is 0 Å². The first-order valence-electron chi connectivity index (χ1n) is 2.29. The molecule has 7 nitrogen and oxygen atoms in total. The van der Waals surface area contributed by atoms with Crippen molar-refractivity contribution in [1.29, 1.82) is 0 Å². The Morgan fingerprint density at radius 1 is 1.23 bits per heavy atom. The minimum atomic E-state index is -1.14. The summed E-state index contributed by atoms with van der Waals surface area (Å²) in [6.07, 6.45) is 0. The molecule has 0 bridgehead atoms. The molecule has 0 unspecified atom stereocenters. The Hall–Kier alpha value is -0.0500. The van der Waals surface area contributed by atoms with Crippen molar-refractivity contribution in [3.05, 3.63) is 21.0 Å². The van der Waals surface area contributed by atoms with Gasteiger partial charge in [0.15, 0.2) is 0 Å². The molecule has 0 spiro atoms. The van der Waals surface area contributed by atoms with Crippen LogP contribution in [0.3, 0.4) is 0 Å². The van der Waals surface area contributed by atoms with Crippen LogP contribution in [0.25, 0.3) is 0 Å². The van der Waals surface area contributed by atoms with Crippen LogP contribution in [0.1, 0.15) is 0 Å². The first kappa shape index (κ1) is 15.4. The molecule has 0 aliphatic carbocycles. The van der Waals surface area contributed by atoms with Gasteiger partial charge in [-0.2, -0.15) is 9.07 Å². The van der Waals surface area contributed by atoms with Crippen LogP contribution in [0.2, 0.25) is 0 Å². The number of hydrogen-bond donors (Lipinski definition) is 0. The third-order valence-corrected chi connectivity index (χ3v) is 1.44. The fourth-order valence-corrected chi connectivity index (χ4v) is 0.676. The van der Waals surface area contributed by atoms with Gasteiger partial charge in [0.2, 0.25) is 0 Å². The van der Waals surface area contributed by atoms with Crippen molar-refractivity contribution in [1.82, 2.24) is 13.2 Å². The topological polar surface area (TPSA) is 111 Å². The Labute approximate surface area is 103 Å². The minimum Gasteiger partial charge on any atom is -0.845 e. The van der Waals surface area contributed by atoms with Gasteiger partial charge in [-0.1, -0.05) is 0 Å². The van der Waals surface area contributed by atoms with Gasteiger partial charge in [0, 0.05) is 23.6 Å². The first-order valence-corrected chi connectivity index (χ1v) is 2.97. The zero-order valence-electron chi connectivity index (χ0n) is 6.32. The van der Waals surface area contributed by atoms with E-state index in [1.165, 1.54) is 0 Å². The smallest absolute Gasteiger partial charge is 0.845 e. The third kappa shape index (κ3) is 2.97. The molecule has 1 aromatic rings. The van der Waals surface area contributed by atoms with E-state index in [2.05, 4.69) is 4.98 Å². The molecule has 10 heteroatoms. The number of hydrogen-bond acceptors (Lipinski definition) is 4. The molecule has 0 aromatic carbocycles. The number of rotatable bonds is 0. The van der Waals surface area contributed by atoms with Gasteiger partial charge in [0.05, 0.1) is 6.01 Å². The van der Waals surface area contributed by atoms with Crippen molar-refractivity contribution in [2.45, 2.75) is 0 Å². The maximum atomic E-state index is 10.6. The second kappa shape index (κ2) is 5.63. The summed E-state index contributed by atoms with van der Waals surface area (Å²) in [5.41, 5.74) is -2.27. The molecule has 0 radical (unpaired) electrons. The van der Waals surface area contributed by atoms with Crippen LogP contribution in [0.4, 0.5) is 0 Å². The van der Waals surface area contributed by atoms with E-state index in [-0.39, 0.29) is 43.2 Å². The molecule has 0 aliphatic heterocycles. The van der Waals surface area contributed by atoms with Crippen molar-refractivity contribution in [3.8, 4) is 6.01 Å². The number of halogens is 2. The first-order chi connectivity index (χ1) is 5.04. The van der Waals surface area contributed by atoms with Gasteiger partial charge in [0.25, 0.3) is 0 Å². The average molecular weight is 238 g/mol. The van der Waals surface area contributed by atoms with Gasteiger partial charge >= 0.3 is 40.9 Å². The fourth-order valence-electron chi connectivity index (χ4n) is 0.410. The van der Waals surface area contributed by atoms with Crippen molar-refractivity contribution in [2.75, 3.05) is 0 Å². The van der Waals surface area contributed by atoms with E-state index in [9.17, 15) is 14.7 Å². The number of aromatic nitrogens is 3. The monoisotopic (exact) mass is 237 g/mol. The summed E-state index contributed by atoms with van der Waals surface area (Å²) in [7, 11) is 0. The van der Waals surface area contributed by atoms with Gasteiger partial charge in [-0.15, -0.1) is 4.09 Å². The maximum Gasteiger partial charge on any atom is 1.00 e. The molecule has 0 atom stereocenters. The molecule has 0 fully saturated rings. The standard InChI is InChI=1S/C3HCl2N3O3.Na.H2O/c4-7-1(9)6-2(10)8(5)3(7)11;;/h(H,6,9,10);;1H2/q;+1;/p-1. The summed E-state index contributed by atoms with van der Waals surface area (Å²) < 4.78 is 0.211. The van der Waals surface area contributed by atoms with E-state index in [1.807, 2.05) is 0 Å². The van der Waals surface area contributed by atoms with Crippen molar-refractivity contribution >= 4 is 23.6 Å². The SMILES string of the molecule is O.O=c1nc([O-])n(Cl)c(=O)n1Cl.[Na+]. The third-order valence-electron chi connectivity index (χ3n) is 0.863. The summed E-state index contributed by atoms with van der Waals surface area (Å²) in [5.74, 6) is 0. The minimum absolute atomic E-state index is 0. The predicted molar refractivity (Wildman–Crippen MR) is 38.3 cm³/mol. The van der Waals surface area contributed by atoms with Gasteiger partial charge in [-0.3, -0.25) is 0 Å². The van der Waals surface area contributed by atoms with Crippen LogP contribution in [-0.2, 0) is 0 Å². The fraction of sp³-hybridized carbons (Fsp3) is 0. The molecule has 68 valence electrons. The van der Waals surface area contributed by atoms with Crippen molar-refractivity contribution in [2.24, 2.45) is 0 Å². The van der Waals surface area contributed by atoms with Crippen LogP contribution < -0.4 is 46.0 Å². The van der Waals surface area contributed by atoms with E-state index in [1.54, 1.807) is 0 Å². The summed E-state index contributed by atoms with van der Waals surface area (Å²) >= 11 is 10.1. The largest absolute Gasteiger partial charge is 1.00 e. The number of nitrogens with zero attached hydrogens (tertiary/aromatic N) is 3. The van der Waals surface area contributed by atoms with Crippen LogP contribution >= 0.6 is 23.6 Å². The van der Waals surface area contributed by atoms with E-state index >= 15 is 0 Å². The predicted octanol–water partition coefficient (Wildman–Crippen LogP) is -5.34. The molecule has 0 saturated carbocycles. The van der Waals surface area contributed by atoms with Crippen LogP contribution in [0, 0.1) is 0 Å². The Kier molecular flexibility index (Phi) is 6.68. The Balaban J connectivity index is 0. The zero-order chi connectivity index (χ0) is 8.59. The van der Waals surface area contributed by atoms with E-state index in [0.29, 0.717) is 0 Å². The summed E-state index contributed by atoms with van der Waals surface area (Å²) in [6.45, 7) is 0. The molecule has 1 aromatic heterocycles. The molecular formula is C3H2Cl2N3NaO4. The second-order valence-electron chi connectivity index (χ2n) is 1.52. The van der Waals surface area contributed by atoms with Crippen molar-refractivity contribution < 1.29 is 40.1 Å². The molecular weight excluding hydrogens is 236 g/mol. The average Bonchev–Trinajstić information content (AvgIpc) is 1.97. The summed E-state index contributed by atoms with van der Waals surface area (Å²) in [6, 6.07) is -1.14. The zero-order valence-corrected chi connectivity index (χ0v) is 9.83. The second-order valence-corrected chi connectivity index (χ2v) is 2.20. The molecule has 1 rings (SSSR count). The Morgan fingerprint density at radius 3 is 2.15 bits per heavy atom. The van der Waals surface area contributed by atoms with Gasteiger partial charge in [0.1, 0.15) is 0 Å². The molecule has 2 N–H and O–H groups in total. The Morgan fingerprint density at radius 2 is 1.69 bits per heavy atom. The van der Waals surface area contributed by atoms with E-state index < -0.39 is 17.4 Å².